The number of aliphatic carboxylic acids is 1. The SMILES string of the molecule is O=C(O)C1(NC2CC2)CCCC(N2CCCCCC2)C1. The molecule has 114 valence electrons. The number of nitrogens with one attached hydrogen (secondary N) is 1. The molecule has 3 rings (SSSR count). The van der Waals surface area contributed by atoms with Gasteiger partial charge in [-0.3, -0.25) is 10.1 Å². The van der Waals surface area contributed by atoms with Crippen molar-refractivity contribution in [1.29, 1.82) is 0 Å². The second kappa shape index (κ2) is 6.02. The first-order chi connectivity index (χ1) is 9.70. The van der Waals surface area contributed by atoms with Crippen molar-refractivity contribution in [3.8, 4) is 0 Å². The standard InChI is InChI=1S/C16H28N2O2/c19-15(20)16(17-13-7-8-13)9-5-6-14(12-16)18-10-3-1-2-4-11-18/h13-14,17H,1-12H2,(H,19,20). The summed E-state index contributed by atoms with van der Waals surface area (Å²) in [6.45, 7) is 2.34. The second-order valence-electron chi connectivity index (χ2n) is 7.01. The average molecular weight is 280 g/mol. The van der Waals surface area contributed by atoms with Gasteiger partial charge >= 0.3 is 5.97 Å². The van der Waals surface area contributed by atoms with Crippen molar-refractivity contribution < 1.29 is 9.90 Å². The minimum Gasteiger partial charge on any atom is -0.480 e. The minimum absolute atomic E-state index is 0.467. The number of hydrogen-bond donors (Lipinski definition) is 2. The van der Waals surface area contributed by atoms with Gasteiger partial charge in [0, 0.05) is 12.1 Å². The Kier molecular flexibility index (Phi) is 4.32. The lowest BCUT2D eigenvalue weighted by atomic mass is 9.78. The zero-order valence-corrected chi connectivity index (χ0v) is 12.4. The van der Waals surface area contributed by atoms with Gasteiger partial charge in [-0.2, -0.15) is 0 Å². The molecule has 20 heavy (non-hydrogen) atoms. The van der Waals surface area contributed by atoms with Gasteiger partial charge in [0.15, 0.2) is 0 Å². The molecule has 0 radical (unpaired) electrons. The average Bonchev–Trinajstić information content (AvgIpc) is 3.25. The highest BCUT2D eigenvalue weighted by Crippen LogP contribution is 2.35. The van der Waals surface area contributed by atoms with Crippen LogP contribution >= 0.6 is 0 Å². The lowest BCUT2D eigenvalue weighted by Crippen LogP contribution is -2.59. The van der Waals surface area contributed by atoms with E-state index in [-0.39, 0.29) is 0 Å². The number of likely N-dealkylation sites (tertiary alicyclic amines) is 1. The van der Waals surface area contributed by atoms with E-state index in [2.05, 4.69) is 10.2 Å². The predicted molar refractivity (Wildman–Crippen MR) is 78.8 cm³/mol. The summed E-state index contributed by atoms with van der Waals surface area (Å²) < 4.78 is 0. The Balaban J connectivity index is 1.67. The lowest BCUT2D eigenvalue weighted by Gasteiger charge is -2.43. The van der Waals surface area contributed by atoms with Crippen LogP contribution in [0.5, 0.6) is 0 Å². The maximum Gasteiger partial charge on any atom is 0.323 e. The molecule has 0 bridgehead atoms. The van der Waals surface area contributed by atoms with E-state index in [0.29, 0.717) is 12.1 Å². The Hall–Kier alpha value is -0.610. The first kappa shape index (κ1) is 14.3. The molecule has 2 saturated carbocycles. The molecule has 1 saturated heterocycles. The van der Waals surface area contributed by atoms with E-state index in [0.717, 1.165) is 32.1 Å². The molecule has 0 aromatic rings. The molecule has 1 aliphatic heterocycles. The summed E-state index contributed by atoms with van der Waals surface area (Å²) in [5.41, 5.74) is -0.642. The molecule has 2 aliphatic carbocycles. The van der Waals surface area contributed by atoms with Crippen molar-refractivity contribution in [2.24, 2.45) is 0 Å². The second-order valence-corrected chi connectivity index (χ2v) is 7.01. The summed E-state index contributed by atoms with van der Waals surface area (Å²) in [7, 11) is 0. The van der Waals surface area contributed by atoms with Crippen LogP contribution < -0.4 is 5.32 Å². The third kappa shape index (κ3) is 3.17. The zero-order chi connectivity index (χ0) is 14.0. The monoisotopic (exact) mass is 280 g/mol. The highest BCUT2D eigenvalue weighted by Gasteiger charge is 2.46. The fourth-order valence-corrected chi connectivity index (χ4v) is 4.02. The Morgan fingerprint density at radius 3 is 2.35 bits per heavy atom. The quantitative estimate of drug-likeness (QED) is 0.830. The predicted octanol–water partition coefficient (Wildman–Crippen LogP) is 2.38. The van der Waals surface area contributed by atoms with E-state index in [1.807, 2.05) is 0 Å². The van der Waals surface area contributed by atoms with E-state index < -0.39 is 11.5 Å². The normalized spacial score (nSPS) is 36.5. The summed E-state index contributed by atoms with van der Waals surface area (Å²) >= 11 is 0. The summed E-state index contributed by atoms with van der Waals surface area (Å²) in [5, 5.41) is 13.2. The van der Waals surface area contributed by atoms with Crippen LogP contribution in [0, 0.1) is 0 Å². The highest BCUT2D eigenvalue weighted by atomic mass is 16.4. The zero-order valence-electron chi connectivity index (χ0n) is 12.4. The molecule has 0 aromatic heterocycles. The topological polar surface area (TPSA) is 52.6 Å². The lowest BCUT2D eigenvalue weighted by molar-refractivity contribution is -0.147. The van der Waals surface area contributed by atoms with Crippen molar-refractivity contribution in [2.45, 2.75) is 81.8 Å². The van der Waals surface area contributed by atoms with Crippen LogP contribution in [0.25, 0.3) is 0 Å². The van der Waals surface area contributed by atoms with Crippen LogP contribution in [0.2, 0.25) is 0 Å². The molecule has 4 heteroatoms. The van der Waals surface area contributed by atoms with Gasteiger partial charge in [-0.15, -0.1) is 0 Å². The molecule has 3 fully saturated rings. The van der Waals surface area contributed by atoms with E-state index in [9.17, 15) is 9.90 Å². The number of carbonyl (C=O) groups is 1. The molecule has 0 aromatic carbocycles. The van der Waals surface area contributed by atoms with Gasteiger partial charge in [0.25, 0.3) is 0 Å². The Labute approximate surface area is 121 Å². The molecular weight excluding hydrogens is 252 g/mol. The Morgan fingerprint density at radius 1 is 1.05 bits per heavy atom. The molecule has 0 spiro atoms. The molecule has 3 aliphatic rings. The summed E-state index contributed by atoms with van der Waals surface area (Å²) in [6.07, 6.45) is 11.4. The molecule has 2 atom stereocenters. The highest BCUT2D eigenvalue weighted by molar-refractivity contribution is 5.79. The van der Waals surface area contributed by atoms with Gasteiger partial charge in [-0.25, -0.2) is 0 Å². The first-order valence-corrected chi connectivity index (χ1v) is 8.45. The van der Waals surface area contributed by atoms with Gasteiger partial charge in [-0.1, -0.05) is 12.8 Å². The largest absolute Gasteiger partial charge is 0.480 e. The van der Waals surface area contributed by atoms with Gasteiger partial charge in [0.2, 0.25) is 0 Å². The van der Waals surface area contributed by atoms with Gasteiger partial charge in [0.1, 0.15) is 5.54 Å². The molecular formula is C16H28N2O2. The third-order valence-electron chi connectivity index (χ3n) is 5.35. The molecule has 0 amide bonds. The smallest absolute Gasteiger partial charge is 0.323 e. The maximum atomic E-state index is 11.9. The number of carboxylic acid groups (broad SMARTS) is 1. The summed E-state index contributed by atoms with van der Waals surface area (Å²) in [5.74, 6) is -0.621. The van der Waals surface area contributed by atoms with Gasteiger partial charge < -0.3 is 10.0 Å². The van der Waals surface area contributed by atoms with Crippen LogP contribution in [-0.2, 0) is 4.79 Å². The fraction of sp³-hybridized carbons (Fsp3) is 0.938. The van der Waals surface area contributed by atoms with Crippen LogP contribution in [0.15, 0.2) is 0 Å². The maximum absolute atomic E-state index is 11.9. The fourth-order valence-electron chi connectivity index (χ4n) is 4.02. The van der Waals surface area contributed by atoms with E-state index in [1.54, 1.807) is 0 Å². The third-order valence-corrected chi connectivity index (χ3v) is 5.35. The molecule has 2 unspecified atom stereocenters. The van der Waals surface area contributed by atoms with Crippen molar-refractivity contribution in [1.82, 2.24) is 10.2 Å². The number of rotatable bonds is 4. The van der Waals surface area contributed by atoms with Gasteiger partial charge in [0.05, 0.1) is 0 Å². The molecule has 1 heterocycles. The molecule has 2 N–H and O–H groups in total. The van der Waals surface area contributed by atoms with E-state index in [4.69, 9.17) is 0 Å². The summed E-state index contributed by atoms with van der Waals surface area (Å²) in [6, 6.07) is 0.943. The number of hydrogen-bond acceptors (Lipinski definition) is 3. The van der Waals surface area contributed by atoms with Gasteiger partial charge in [-0.05, 0) is 64.5 Å². The minimum atomic E-state index is -0.642. The van der Waals surface area contributed by atoms with E-state index in [1.165, 1.54) is 45.2 Å². The van der Waals surface area contributed by atoms with Crippen molar-refractivity contribution in [2.75, 3.05) is 13.1 Å². The molecule has 4 nitrogen and oxygen atoms in total. The number of nitrogens with zero attached hydrogens (tertiary/aromatic N) is 1. The first-order valence-electron chi connectivity index (χ1n) is 8.45. The van der Waals surface area contributed by atoms with Crippen molar-refractivity contribution in [3.05, 3.63) is 0 Å². The Bertz CT molecular complexity index is 348. The van der Waals surface area contributed by atoms with Crippen molar-refractivity contribution >= 4 is 5.97 Å². The van der Waals surface area contributed by atoms with Crippen LogP contribution in [0.4, 0.5) is 0 Å². The Morgan fingerprint density at radius 2 is 1.75 bits per heavy atom. The van der Waals surface area contributed by atoms with Crippen LogP contribution in [-0.4, -0.2) is 46.7 Å². The summed E-state index contributed by atoms with van der Waals surface area (Å²) in [4.78, 5) is 14.4. The number of carboxylic acids is 1. The van der Waals surface area contributed by atoms with Crippen LogP contribution in [0.1, 0.15) is 64.2 Å². The van der Waals surface area contributed by atoms with Crippen molar-refractivity contribution in [3.63, 3.8) is 0 Å². The van der Waals surface area contributed by atoms with Crippen LogP contribution in [0.3, 0.4) is 0 Å². The van der Waals surface area contributed by atoms with E-state index >= 15 is 0 Å².